The van der Waals surface area contributed by atoms with Crippen LogP contribution in [-0.2, 0) is 11.3 Å². The lowest BCUT2D eigenvalue weighted by Gasteiger charge is -2.29. The fourth-order valence-corrected chi connectivity index (χ4v) is 3.13. The van der Waals surface area contributed by atoms with Crippen LogP contribution in [0.2, 0.25) is 10.0 Å². The van der Waals surface area contributed by atoms with Crippen LogP contribution in [0.1, 0.15) is 26.3 Å². The molecule has 0 bridgehead atoms. The second kappa shape index (κ2) is 9.67. The van der Waals surface area contributed by atoms with Crippen molar-refractivity contribution in [3.05, 3.63) is 44.6 Å². The Bertz CT molecular complexity index is 996. The van der Waals surface area contributed by atoms with E-state index in [0.717, 1.165) is 11.1 Å². The predicted molar refractivity (Wildman–Crippen MR) is 117 cm³/mol. The van der Waals surface area contributed by atoms with E-state index in [-0.39, 0.29) is 26.1 Å². The topological polar surface area (TPSA) is 133 Å². The van der Waals surface area contributed by atoms with Crippen molar-refractivity contribution in [2.24, 2.45) is 0 Å². The van der Waals surface area contributed by atoms with Crippen molar-refractivity contribution in [2.75, 3.05) is 9.80 Å². The highest BCUT2D eigenvalue weighted by molar-refractivity contribution is 9.10. The van der Waals surface area contributed by atoms with Gasteiger partial charge in [0.2, 0.25) is 0 Å². The summed E-state index contributed by atoms with van der Waals surface area (Å²) in [7, 11) is 0. The number of carbonyl (C=O) groups is 3. The summed E-state index contributed by atoms with van der Waals surface area (Å²) in [5.74, 6) is -1.03. The standard InChI is InChI=1S/C18H17BrCl2N4O6/c1-18(2,3)31-17(30)24(8-9-10(20)5-4-6-11(9)21)14-13(22-7-12(19)23-14)25(15(26)27)16(28)29/h4-7H,8H2,1-3H3,(H,26,27)(H,28,29). The molecule has 0 fully saturated rings. The number of halogens is 3. The SMILES string of the molecule is CC(C)(C)OC(=O)N(Cc1c(Cl)cccc1Cl)c1nc(Br)cnc1N(C(=O)O)C(=O)O. The molecule has 13 heteroatoms. The van der Waals surface area contributed by atoms with Gasteiger partial charge in [-0.25, -0.2) is 24.4 Å². The molecule has 2 aromatic rings. The molecule has 2 N–H and O–H groups in total. The molecule has 1 aromatic carbocycles. The van der Waals surface area contributed by atoms with Gasteiger partial charge in [-0.15, -0.1) is 0 Å². The molecule has 0 unspecified atom stereocenters. The highest BCUT2D eigenvalue weighted by Gasteiger charge is 2.34. The Balaban J connectivity index is 2.71. The van der Waals surface area contributed by atoms with Gasteiger partial charge in [-0.3, -0.25) is 4.90 Å². The van der Waals surface area contributed by atoms with Crippen LogP contribution >= 0.6 is 39.1 Å². The second-order valence-corrected chi connectivity index (χ2v) is 8.63. The lowest BCUT2D eigenvalue weighted by atomic mass is 10.2. The normalized spacial score (nSPS) is 11.0. The Morgan fingerprint density at radius 1 is 1.10 bits per heavy atom. The van der Waals surface area contributed by atoms with Crippen LogP contribution in [-0.4, -0.2) is 44.1 Å². The van der Waals surface area contributed by atoms with Crippen molar-refractivity contribution in [3.63, 3.8) is 0 Å². The zero-order chi connectivity index (χ0) is 23.5. The fraction of sp³-hybridized carbons (Fsp3) is 0.278. The Labute approximate surface area is 195 Å². The summed E-state index contributed by atoms with van der Waals surface area (Å²) in [5.41, 5.74) is -0.625. The van der Waals surface area contributed by atoms with Crippen molar-refractivity contribution >= 4 is 69.0 Å². The summed E-state index contributed by atoms with van der Waals surface area (Å²) in [4.78, 5) is 44.9. The van der Waals surface area contributed by atoms with E-state index in [9.17, 15) is 24.6 Å². The number of aromatic nitrogens is 2. The lowest BCUT2D eigenvalue weighted by molar-refractivity contribution is 0.0576. The number of benzene rings is 1. The molecule has 0 saturated carbocycles. The summed E-state index contributed by atoms with van der Waals surface area (Å²) in [5, 5.41) is 19.2. The number of carboxylic acid groups (broad SMARTS) is 2. The largest absolute Gasteiger partial charge is 0.464 e. The van der Waals surface area contributed by atoms with E-state index in [1.54, 1.807) is 39.0 Å². The average Bonchev–Trinajstić information content (AvgIpc) is 2.61. The summed E-state index contributed by atoms with van der Waals surface area (Å²) in [6.07, 6.45) is -3.54. The third-order valence-electron chi connectivity index (χ3n) is 3.55. The van der Waals surface area contributed by atoms with E-state index in [1.807, 2.05) is 0 Å². The first kappa shape index (κ1) is 24.6. The fourth-order valence-electron chi connectivity index (χ4n) is 2.34. The molecule has 31 heavy (non-hydrogen) atoms. The van der Waals surface area contributed by atoms with Crippen molar-refractivity contribution in [1.29, 1.82) is 0 Å². The molecule has 0 radical (unpaired) electrons. The van der Waals surface area contributed by atoms with E-state index in [0.29, 0.717) is 5.56 Å². The van der Waals surface area contributed by atoms with Gasteiger partial charge in [-0.2, -0.15) is 4.90 Å². The zero-order valence-corrected chi connectivity index (χ0v) is 19.6. The Hall–Kier alpha value is -2.63. The third-order valence-corrected chi connectivity index (χ3v) is 4.64. The first-order chi connectivity index (χ1) is 14.3. The molecule has 1 heterocycles. The van der Waals surface area contributed by atoms with Gasteiger partial charge in [-0.1, -0.05) is 29.3 Å². The maximum absolute atomic E-state index is 13.0. The number of amides is 3. The first-order valence-corrected chi connectivity index (χ1v) is 10.1. The molecule has 0 aliphatic heterocycles. The quantitative estimate of drug-likeness (QED) is 0.513. The average molecular weight is 536 g/mol. The van der Waals surface area contributed by atoms with Crippen molar-refractivity contribution in [3.8, 4) is 0 Å². The minimum atomic E-state index is -1.84. The van der Waals surface area contributed by atoms with Crippen LogP contribution in [0.3, 0.4) is 0 Å². The molecule has 0 aliphatic carbocycles. The highest BCUT2D eigenvalue weighted by Crippen LogP contribution is 2.33. The molecule has 0 spiro atoms. The molecular formula is C18H17BrCl2N4O6. The van der Waals surface area contributed by atoms with Crippen LogP contribution in [0, 0.1) is 0 Å². The molecule has 10 nitrogen and oxygen atoms in total. The Morgan fingerprint density at radius 2 is 1.65 bits per heavy atom. The van der Waals surface area contributed by atoms with Crippen molar-refractivity contribution < 1.29 is 29.3 Å². The van der Waals surface area contributed by atoms with Crippen LogP contribution in [0.4, 0.5) is 26.0 Å². The Morgan fingerprint density at radius 3 is 2.13 bits per heavy atom. The maximum atomic E-state index is 13.0. The molecule has 0 atom stereocenters. The van der Waals surface area contributed by atoms with E-state index in [1.165, 1.54) is 0 Å². The van der Waals surface area contributed by atoms with Gasteiger partial charge in [0, 0.05) is 15.6 Å². The van der Waals surface area contributed by atoms with Gasteiger partial charge in [0.1, 0.15) is 10.2 Å². The van der Waals surface area contributed by atoms with Gasteiger partial charge >= 0.3 is 18.3 Å². The van der Waals surface area contributed by atoms with Crippen LogP contribution in [0.25, 0.3) is 0 Å². The summed E-state index contributed by atoms with van der Waals surface area (Å²) in [6.45, 7) is 4.57. The number of hydrogen-bond acceptors (Lipinski definition) is 6. The molecule has 166 valence electrons. The molecular weight excluding hydrogens is 519 g/mol. The Kier molecular flexibility index (Phi) is 7.68. The van der Waals surface area contributed by atoms with Gasteiger partial charge in [0.05, 0.1) is 12.7 Å². The van der Waals surface area contributed by atoms with E-state index >= 15 is 0 Å². The molecule has 1 aromatic heterocycles. The smallest absolute Gasteiger partial charge is 0.422 e. The second-order valence-electron chi connectivity index (χ2n) is 7.01. The van der Waals surface area contributed by atoms with E-state index in [2.05, 4.69) is 25.9 Å². The summed E-state index contributed by atoms with van der Waals surface area (Å²) < 4.78 is 5.52. The van der Waals surface area contributed by atoms with E-state index < -0.39 is 35.5 Å². The van der Waals surface area contributed by atoms with Gasteiger partial charge in [-0.05, 0) is 48.8 Å². The minimum Gasteiger partial charge on any atom is -0.464 e. The third kappa shape index (κ3) is 6.18. The predicted octanol–water partition coefficient (Wildman–Crippen LogP) is 5.65. The minimum absolute atomic E-state index is 0.0691. The molecule has 0 saturated heterocycles. The maximum Gasteiger partial charge on any atom is 0.422 e. The summed E-state index contributed by atoms with van der Waals surface area (Å²) >= 11 is 15.5. The van der Waals surface area contributed by atoms with E-state index in [4.69, 9.17) is 27.9 Å². The van der Waals surface area contributed by atoms with Crippen LogP contribution < -0.4 is 9.80 Å². The molecule has 0 aliphatic rings. The number of nitrogens with zero attached hydrogens (tertiary/aromatic N) is 4. The van der Waals surface area contributed by atoms with Crippen molar-refractivity contribution in [1.82, 2.24) is 9.97 Å². The number of anilines is 2. The number of imide groups is 1. The zero-order valence-electron chi connectivity index (χ0n) is 16.5. The van der Waals surface area contributed by atoms with Gasteiger partial charge in [0.15, 0.2) is 11.6 Å². The number of carbonyl (C=O) groups excluding carboxylic acids is 1. The van der Waals surface area contributed by atoms with Gasteiger partial charge < -0.3 is 14.9 Å². The van der Waals surface area contributed by atoms with Crippen LogP contribution in [0.15, 0.2) is 29.0 Å². The molecule has 3 amide bonds. The number of hydrogen-bond donors (Lipinski definition) is 2. The van der Waals surface area contributed by atoms with Gasteiger partial charge in [0.25, 0.3) is 0 Å². The lowest BCUT2D eigenvalue weighted by Crippen LogP contribution is -2.41. The number of rotatable bonds is 4. The number of ether oxygens (including phenoxy) is 1. The summed E-state index contributed by atoms with van der Waals surface area (Å²) in [6, 6.07) is 4.70. The van der Waals surface area contributed by atoms with Crippen LogP contribution in [0.5, 0.6) is 0 Å². The monoisotopic (exact) mass is 534 g/mol. The van der Waals surface area contributed by atoms with Crippen molar-refractivity contribution in [2.45, 2.75) is 32.9 Å². The molecule has 2 rings (SSSR count). The first-order valence-electron chi connectivity index (χ1n) is 8.53. The highest BCUT2D eigenvalue weighted by atomic mass is 79.9.